The van der Waals surface area contributed by atoms with Gasteiger partial charge in [-0.1, -0.05) is 23.7 Å². The van der Waals surface area contributed by atoms with Gasteiger partial charge in [-0.15, -0.1) is 0 Å². The number of ether oxygens (including phenoxy) is 3. The third-order valence-corrected chi connectivity index (χ3v) is 5.33. The molecule has 1 aliphatic rings. The molecule has 1 amide bonds. The number of amides is 1. The molecule has 0 aromatic heterocycles. The van der Waals surface area contributed by atoms with Crippen LogP contribution in [-0.4, -0.2) is 85.4 Å². The summed E-state index contributed by atoms with van der Waals surface area (Å²) >= 11 is 6.01. The maximum absolute atomic E-state index is 12.7. The van der Waals surface area contributed by atoms with Crippen LogP contribution >= 0.6 is 11.6 Å². The number of aliphatic carboxylic acids is 2. The molecule has 1 saturated heterocycles. The number of hydrogen-bond donors (Lipinski definition) is 2. The molecular formula is C23H27ClN2O8. The molecule has 34 heavy (non-hydrogen) atoms. The van der Waals surface area contributed by atoms with Crippen LogP contribution in [0.25, 0.3) is 0 Å². The van der Waals surface area contributed by atoms with Crippen LogP contribution in [0, 0.1) is 0 Å². The standard InChI is InChI=1S/C21H25ClN2O4.C2H2O4/c1-26-18-8-7-16(19(27-2)20(18)28-3)14-23-9-11-24(12-10-23)21(25)15-5-4-6-17(22)13-15;3-1(4)2(5)6/h4-8,13H,9-12,14H2,1-3H3;(H,3,4)(H,5,6). The number of methoxy groups -OCH3 is 3. The van der Waals surface area contributed by atoms with Crippen molar-refractivity contribution in [1.29, 1.82) is 0 Å². The van der Waals surface area contributed by atoms with E-state index in [1.165, 1.54) is 0 Å². The molecule has 11 heteroatoms. The number of halogens is 1. The predicted molar refractivity (Wildman–Crippen MR) is 124 cm³/mol. The zero-order chi connectivity index (χ0) is 25.3. The molecule has 2 aromatic carbocycles. The summed E-state index contributed by atoms with van der Waals surface area (Å²) in [6, 6.07) is 11.0. The van der Waals surface area contributed by atoms with E-state index in [0.717, 1.165) is 18.7 Å². The first kappa shape index (κ1) is 26.7. The molecule has 0 aliphatic carbocycles. The first-order chi connectivity index (χ1) is 16.2. The maximum Gasteiger partial charge on any atom is 0.414 e. The molecule has 0 spiro atoms. The van der Waals surface area contributed by atoms with Crippen molar-refractivity contribution in [2.24, 2.45) is 0 Å². The fourth-order valence-electron chi connectivity index (χ4n) is 3.44. The van der Waals surface area contributed by atoms with E-state index in [1.807, 2.05) is 17.0 Å². The number of carboxylic acids is 2. The molecule has 3 rings (SSSR count). The molecule has 10 nitrogen and oxygen atoms in total. The number of rotatable bonds is 6. The van der Waals surface area contributed by atoms with E-state index in [2.05, 4.69) is 4.90 Å². The third kappa shape index (κ3) is 7.00. The first-order valence-corrected chi connectivity index (χ1v) is 10.6. The smallest absolute Gasteiger partial charge is 0.414 e. The lowest BCUT2D eigenvalue weighted by Crippen LogP contribution is -2.48. The number of carbonyl (C=O) groups is 3. The van der Waals surface area contributed by atoms with Gasteiger partial charge in [-0.3, -0.25) is 9.69 Å². The molecular weight excluding hydrogens is 468 g/mol. The monoisotopic (exact) mass is 494 g/mol. The summed E-state index contributed by atoms with van der Waals surface area (Å²) in [5.74, 6) is -1.72. The molecule has 0 saturated carbocycles. The molecule has 0 radical (unpaired) electrons. The Bertz CT molecular complexity index is 1010. The van der Waals surface area contributed by atoms with Crippen molar-refractivity contribution in [3.63, 3.8) is 0 Å². The van der Waals surface area contributed by atoms with Crippen LogP contribution in [0.3, 0.4) is 0 Å². The van der Waals surface area contributed by atoms with Crippen molar-refractivity contribution in [2.75, 3.05) is 47.5 Å². The van der Waals surface area contributed by atoms with Crippen molar-refractivity contribution in [3.05, 3.63) is 52.5 Å². The minimum atomic E-state index is -1.82. The summed E-state index contributed by atoms with van der Waals surface area (Å²) in [6.45, 7) is 3.61. The second-order valence-corrected chi connectivity index (χ2v) is 7.62. The third-order valence-electron chi connectivity index (χ3n) is 5.09. The number of benzene rings is 2. The van der Waals surface area contributed by atoms with Gasteiger partial charge in [-0.2, -0.15) is 0 Å². The number of carbonyl (C=O) groups excluding carboxylic acids is 1. The summed E-state index contributed by atoms with van der Waals surface area (Å²) in [6.07, 6.45) is 0. The zero-order valence-corrected chi connectivity index (χ0v) is 19.9. The molecule has 0 unspecified atom stereocenters. The highest BCUT2D eigenvalue weighted by Gasteiger charge is 2.24. The molecule has 1 fully saturated rings. The highest BCUT2D eigenvalue weighted by molar-refractivity contribution is 6.31. The van der Waals surface area contributed by atoms with Crippen LogP contribution < -0.4 is 14.2 Å². The highest BCUT2D eigenvalue weighted by Crippen LogP contribution is 2.40. The minimum absolute atomic E-state index is 0.0193. The van der Waals surface area contributed by atoms with Gasteiger partial charge >= 0.3 is 11.9 Å². The van der Waals surface area contributed by atoms with E-state index in [-0.39, 0.29) is 5.91 Å². The number of hydrogen-bond acceptors (Lipinski definition) is 7. The summed E-state index contributed by atoms with van der Waals surface area (Å²) in [5.41, 5.74) is 1.65. The van der Waals surface area contributed by atoms with E-state index >= 15 is 0 Å². The van der Waals surface area contributed by atoms with Crippen molar-refractivity contribution in [3.8, 4) is 17.2 Å². The van der Waals surface area contributed by atoms with Crippen LogP contribution in [0.4, 0.5) is 0 Å². The van der Waals surface area contributed by atoms with E-state index < -0.39 is 11.9 Å². The van der Waals surface area contributed by atoms with E-state index in [1.54, 1.807) is 45.6 Å². The maximum atomic E-state index is 12.7. The van der Waals surface area contributed by atoms with Gasteiger partial charge in [0, 0.05) is 48.9 Å². The molecule has 1 aliphatic heterocycles. The van der Waals surface area contributed by atoms with Crippen LogP contribution in [0.15, 0.2) is 36.4 Å². The Hall–Kier alpha value is -3.50. The Labute approximate surface area is 202 Å². The zero-order valence-electron chi connectivity index (χ0n) is 19.1. The highest BCUT2D eigenvalue weighted by atomic mass is 35.5. The summed E-state index contributed by atoms with van der Waals surface area (Å²) in [7, 11) is 4.83. The van der Waals surface area contributed by atoms with E-state index in [9.17, 15) is 4.79 Å². The number of piperazine rings is 1. The Kier molecular flexibility index (Phi) is 9.96. The fourth-order valence-corrected chi connectivity index (χ4v) is 3.63. The van der Waals surface area contributed by atoms with Gasteiger partial charge < -0.3 is 29.3 Å². The van der Waals surface area contributed by atoms with Gasteiger partial charge in [0.2, 0.25) is 5.75 Å². The van der Waals surface area contributed by atoms with Crippen molar-refractivity contribution in [2.45, 2.75) is 6.54 Å². The first-order valence-electron chi connectivity index (χ1n) is 10.2. The van der Waals surface area contributed by atoms with Crippen LogP contribution in [0.1, 0.15) is 15.9 Å². The Balaban J connectivity index is 0.000000604. The topological polar surface area (TPSA) is 126 Å². The average molecular weight is 495 g/mol. The van der Waals surface area contributed by atoms with Gasteiger partial charge in [0.05, 0.1) is 21.3 Å². The molecule has 0 bridgehead atoms. The normalized spacial score (nSPS) is 13.4. The van der Waals surface area contributed by atoms with Gasteiger partial charge in [0.25, 0.3) is 5.91 Å². The molecule has 1 heterocycles. The number of nitrogens with zero attached hydrogens (tertiary/aromatic N) is 2. The lowest BCUT2D eigenvalue weighted by Gasteiger charge is -2.35. The minimum Gasteiger partial charge on any atom is -0.493 e. The second-order valence-electron chi connectivity index (χ2n) is 7.18. The van der Waals surface area contributed by atoms with Gasteiger partial charge in [-0.25, -0.2) is 9.59 Å². The number of carboxylic acid groups (broad SMARTS) is 2. The van der Waals surface area contributed by atoms with Crippen molar-refractivity contribution >= 4 is 29.4 Å². The average Bonchev–Trinajstić information content (AvgIpc) is 2.84. The van der Waals surface area contributed by atoms with E-state index in [4.69, 9.17) is 45.6 Å². The van der Waals surface area contributed by atoms with Crippen molar-refractivity contribution < 1.29 is 38.8 Å². The second kappa shape index (κ2) is 12.7. The molecule has 2 N–H and O–H groups in total. The lowest BCUT2D eigenvalue weighted by atomic mass is 10.1. The van der Waals surface area contributed by atoms with Gasteiger partial charge in [0.15, 0.2) is 11.5 Å². The van der Waals surface area contributed by atoms with Crippen LogP contribution in [0.2, 0.25) is 5.02 Å². The Morgan fingerprint density at radius 1 is 0.882 bits per heavy atom. The Morgan fingerprint density at radius 3 is 2.00 bits per heavy atom. The van der Waals surface area contributed by atoms with E-state index in [0.29, 0.717) is 47.5 Å². The predicted octanol–water partition coefficient (Wildman–Crippen LogP) is 2.48. The van der Waals surface area contributed by atoms with Gasteiger partial charge in [-0.05, 0) is 24.3 Å². The summed E-state index contributed by atoms with van der Waals surface area (Å²) in [5, 5.41) is 15.4. The quantitative estimate of drug-likeness (QED) is 0.582. The molecule has 184 valence electrons. The largest absolute Gasteiger partial charge is 0.493 e. The SMILES string of the molecule is COc1ccc(CN2CCN(C(=O)c3cccc(Cl)c3)CC2)c(OC)c1OC.O=C(O)C(=O)O. The molecule has 0 atom stereocenters. The summed E-state index contributed by atoms with van der Waals surface area (Å²) < 4.78 is 16.4. The van der Waals surface area contributed by atoms with Gasteiger partial charge in [0.1, 0.15) is 0 Å². The van der Waals surface area contributed by atoms with Crippen LogP contribution in [-0.2, 0) is 16.1 Å². The lowest BCUT2D eigenvalue weighted by molar-refractivity contribution is -0.159. The summed E-state index contributed by atoms with van der Waals surface area (Å²) in [4.78, 5) is 35.0. The van der Waals surface area contributed by atoms with Crippen molar-refractivity contribution in [1.82, 2.24) is 9.80 Å². The molecule has 2 aromatic rings. The fraction of sp³-hybridized carbons (Fsp3) is 0.348. The Morgan fingerprint density at radius 2 is 1.50 bits per heavy atom. The van der Waals surface area contributed by atoms with Crippen LogP contribution in [0.5, 0.6) is 17.2 Å².